The highest BCUT2D eigenvalue weighted by molar-refractivity contribution is 7.99. The predicted octanol–water partition coefficient (Wildman–Crippen LogP) is 2.93. The minimum absolute atomic E-state index is 0.0413. The quantitative estimate of drug-likeness (QED) is 0.200. The van der Waals surface area contributed by atoms with Crippen LogP contribution in [0, 0.1) is 10.1 Å². The van der Waals surface area contributed by atoms with Crippen LogP contribution in [0.25, 0.3) is 0 Å². The van der Waals surface area contributed by atoms with Crippen molar-refractivity contribution in [2.45, 2.75) is 24.8 Å². The molecule has 0 atom stereocenters. The van der Waals surface area contributed by atoms with Gasteiger partial charge in [0.1, 0.15) is 6.20 Å². The van der Waals surface area contributed by atoms with E-state index in [2.05, 4.69) is 16.9 Å². The van der Waals surface area contributed by atoms with Crippen molar-refractivity contribution < 1.29 is 4.92 Å². The van der Waals surface area contributed by atoms with E-state index >= 15 is 0 Å². The fourth-order valence-electron chi connectivity index (χ4n) is 0.884. The summed E-state index contributed by atoms with van der Waals surface area (Å²) in [6.07, 6.45) is 3.17. The molecule has 0 radical (unpaired) electrons. The minimum Gasteiger partial charge on any atom is -0.258 e. The summed E-state index contributed by atoms with van der Waals surface area (Å²) in [5, 5.41) is 11.0. The lowest BCUT2D eigenvalue weighted by molar-refractivity contribution is -0.388. The van der Waals surface area contributed by atoms with Gasteiger partial charge in [-0.15, -0.1) is 0 Å². The van der Waals surface area contributed by atoms with E-state index in [1.807, 2.05) is 0 Å². The summed E-state index contributed by atoms with van der Waals surface area (Å²) in [5.74, 6) is 0.796. The van der Waals surface area contributed by atoms with Gasteiger partial charge in [-0.25, -0.2) is 9.97 Å². The number of halogens is 1. The molecule has 1 rings (SSSR count). The van der Waals surface area contributed by atoms with Crippen LogP contribution in [0.4, 0.5) is 5.69 Å². The zero-order valence-corrected chi connectivity index (χ0v) is 9.72. The second-order valence-corrected chi connectivity index (χ2v) is 4.21. The van der Waals surface area contributed by atoms with Crippen molar-refractivity contribution in [3.8, 4) is 0 Å². The van der Waals surface area contributed by atoms with Crippen LogP contribution in [-0.2, 0) is 0 Å². The number of nitrogens with zero attached hydrogens (tertiary/aromatic N) is 3. The average Bonchev–Trinajstić information content (AvgIpc) is 2.18. The highest BCUT2D eigenvalue weighted by Crippen LogP contribution is 2.27. The fourth-order valence-corrected chi connectivity index (χ4v) is 2.12. The molecular formula is C8H10ClN3O2S. The number of nitro groups is 1. The van der Waals surface area contributed by atoms with Crippen LogP contribution in [0.5, 0.6) is 0 Å². The van der Waals surface area contributed by atoms with Gasteiger partial charge in [-0.1, -0.05) is 25.1 Å². The van der Waals surface area contributed by atoms with E-state index in [4.69, 9.17) is 11.6 Å². The van der Waals surface area contributed by atoms with Crippen molar-refractivity contribution in [2.75, 3.05) is 5.75 Å². The van der Waals surface area contributed by atoms with Crippen molar-refractivity contribution in [1.29, 1.82) is 0 Å². The Labute approximate surface area is 96.4 Å². The summed E-state index contributed by atoms with van der Waals surface area (Å²) in [5.41, 5.74) is -0.0829. The molecule has 82 valence electrons. The molecule has 0 saturated carbocycles. The monoisotopic (exact) mass is 247 g/mol. The summed E-state index contributed by atoms with van der Waals surface area (Å²) >= 11 is 6.91. The first-order valence-corrected chi connectivity index (χ1v) is 5.81. The Hall–Kier alpha value is -0.880. The van der Waals surface area contributed by atoms with Gasteiger partial charge in [-0.05, 0) is 23.8 Å². The molecule has 0 aromatic carbocycles. The fraction of sp³-hybridized carbons (Fsp3) is 0.500. The van der Waals surface area contributed by atoms with E-state index < -0.39 is 4.92 Å². The molecule has 1 heterocycles. The second-order valence-electron chi connectivity index (χ2n) is 2.79. The van der Waals surface area contributed by atoms with E-state index in [0.717, 1.165) is 24.8 Å². The summed E-state index contributed by atoms with van der Waals surface area (Å²) in [6.45, 7) is 2.06. The van der Waals surface area contributed by atoms with Gasteiger partial charge in [0.25, 0.3) is 0 Å². The van der Waals surface area contributed by atoms with Crippen LogP contribution < -0.4 is 0 Å². The van der Waals surface area contributed by atoms with E-state index in [0.29, 0.717) is 5.03 Å². The van der Waals surface area contributed by atoms with Gasteiger partial charge >= 0.3 is 5.69 Å². The van der Waals surface area contributed by atoms with Gasteiger partial charge in [0.2, 0.25) is 5.28 Å². The lowest BCUT2D eigenvalue weighted by Crippen LogP contribution is -1.96. The molecule has 5 nitrogen and oxygen atoms in total. The van der Waals surface area contributed by atoms with Crippen LogP contribution in [0.1, 0.15) is 19.8 Å². The number of thioether (sulfide) groups is 1. The van der Waals surface area contributed by atoms with Crippen molar-refractivity contribution in [2.24, 2.45) is 0 Å². The third-order valence-electron chi connectivity index (χ3n) is 1.64. The maximum Gasteiger partial charge on any atom is 0.319 e. The molecule has 0 spiro atoms. The number of hydrogen-bond acceptors (Lipinski definition) is 5. The van der Waals surface area contributed by atoms with Crippen LogP contribution in [0.3, 0.4) is 0 Å². The smallest absolute Gasteiger partial charge is 0.258 e. The van der Waals surface area contributed by atoms with Crippen molar-refractivity contribution >= 4 is 29.1 Å². The second kappa shape index (κ2) is 5.87. The standard InChI is InChI=1S/C8H10ClN3O2S/c1-2-3-4-15-7-6(12(13)14)5-10-8(9)11-7/h5H,2-4H2,1H3. The zero-order chi connectivity index (χ0) is 11.3. The maximum absolute atomic E-state index is 10.6. The molecule has 0 amide bonds. The lowest BCUT2D eigenvalue weighted by Gasteiger charge is -2.00. The number of hydrogen-bond donors (Lipinski definition) is 0. The minimum atomic E-state index is -0.495. The van der Waals surface area contributed by atoms with Gasteiger partial charge in [0, 0.05) is 0 Å². The van der Waals surface area contributed by atoms with E-state index in [1.54, 1.807) is 0 Å². The van der Waals surface area contributed by atoms with Gasteiger partial charge in [0.15, 0.2) is 5.03 Å². The third kappa shape index (κ3) is 3.64. The lowest BCUT2D eigenvalue weighted by atomic mass is 10.4. The van der Waals surface area contributed by atoms with Crippen molar-refractivity contribution in [3.63, 3.8) is 0 Å². The Morgan fingerprint density at radius 1 is 1.67 bits per heavy atom. The SMILES string of the molecule is CCCCSc1nc(Cl)ncc1[N+](=O)[O-]. The number of aromatic nitrogens is 2. The third-order valence-corrected chi connectivity index (χ3v) is 2.89. The molecule has 0 N–H and O–H groups in total. The predicted molar refractivity (Wildman–Crippen MR) is 59.3 cm³/mol. The van der Waals surface area contributed by atoms with Crippen molar-refractivity contribution in [1.82, 2.24) is 9.97 Å². The van der Waals surface area contributed by atoms with Crippen LogP contribution >= 0.6 is 23.4 Å². The average molecular weight is 248 g/mol. The highest BCUT2D eigenvalue weighted by Gasteiger charge is 2.16. The first-order valence-electron chi connectivity index (χ1n) is 4.45. The Morgan fingerprint density at radius 3 is 3.00 bits per heavy atom. The van der Waals surface area contributed by atoms with Crippen LogP contribution in [0.15, 0.2) is 11.2 Å². The normalized spacial score (nSPS) is 10.3. The van der Waals surface area contributed by atoms with E-state index in [-0.39, 0.29) is 11.0 Å². The first kappa shape index (κ1) is 12.2. The molecule has 0 aliphatic rings. The van der Waals surface area contributed by atoms with Crippen LogP contribution in [0.2, 0.25) is 5.28 Å². The molecule has 0 unspecified atom stereocenters. The summed E-state index contributed by atoms with van der Waals surface area (Å²) < 4.78 is 0. The molecule has 0 aliphatic heterocycles. The van der Waals surface area contributed by atoms with Gasteiger partial charge in [0.05, 0.1) is 4.92 Å². The summed E-state index contributed by atoms with van der Waals surface area (Å²) in [7, 11) is 0. The number of rotatable bonds is 5. The summed E-state index contributed by atoms with van der Waals surface area (Å²) in [4.78, 5) is 17.6. The Bertz CT molecular complexity index is 362. The van der Waals surface area contributed by atoms with Gasteiger partial charge in [-0.2, -0.15) is 0 Å². The molecule has 1 aromatic heterocycles. The van der Waals surface area contributed by atoms with Gasteiger partial charge < -0.3 is 0 Å². The maximum atomic E-state index is 10.6. The van der Waals surface area contributed by atoms with Crippen molar-refractivity contribution in [3.05, 3.63) is 21.6 Å². The molecule has 1 aromatic rings. The topological polar surface area (TPSA) is 68.9 Å². The van der Waals surface area contributed by atoms with Gasteiger partial charge in [-0.3, -0.25) is 10.1 Å². The molecule has 0 bridgehead atoms. The van der Waals surface area contributed by atoms with E-state index in [1.165, 1.54) is 11.8 Å². The Kier molecular flexibility index (Phi) is 4.77. The molecule has 0 aliphatic carbocycles. The molecule has 15 heavy (non-hydrogen) atoms. The Morgan fingerprint density at radius 2 is 2.40 bits per heavy atom. The van der Waals surface area contributed by atoms with Crippen LogP contribution in [-0.4, -0.2) is 20.6 Å². The summed E-state index contributed by atoms with van der Waals surface area (Å²) in [6, 6.07) is 0. The molecule has 0 saturated heterocycles. The largest absolute Gasteiger partial charge is 0.319 e. The highest BCUT2D eigenvalue weighted by atomic mass is 35.5. The number of unbranched alkanes of at least 4 members (excludes halogenated alkanes) is 1. The molecule has 7 heteroatoms. The molecular weight excluding hydrogens is 238 g/mol. The first-order chi connectivity index (χ1) is 7.15. The molecule has 0 fully saturated rings. The zero-order valence-electron chi connectivity index (χ0n) is 8.14. The Balaban J connectivity index is 2.82. The van der Waals surface area contributed by atoms with E-state index in [9.17, 15) is 10.1 Å².